The SMILES string of the molecule is CCN(Cc1csc(C(C)C)n1)C(=O)N[C@@H](C)C(=O)OC. The maximum atomic E-state index is 12.1. The Hall–Kier alpha value is -1.63. The van der Waals surface area contributed by atoms with Crippen molar-refractivity contribution in [2.45, 2.75) is 46.2 Å². The fourth-order valence-electron chi connectivity index (χ4n) is 1.70. The van der Waals surface area contributed by atoms with E-state index >= 15 is 0 Å². The van der Waals surface area contributed by atoms with Crippen molar-refractivity contribution in [1.29, 1.82) is 0 Å². The molecule has 0 unspecified atom stereocenters. The summed E-state index contributed by atoms with van der Waals surface area (Å²) in [5, 5.41) is 5.65. The molecular formula is C14H23N3O3S. The second kappa shape index (κ2) is 7.97. The molecule has 0 aliphatic rings. The van der Waals surface area contributed by atoms with E-state index in [4.69, 9.17) is 0 Å². The van der Waals surface area contributed by atoms with E-state index in [2.05, 4.69) is 28.9 Å². The number of nitrogens with zero attached hydrogens (tertiary/aromatic N) is 2. The zero-order valence-electron chi connectivity index (χ0n) is 13.2. The summed E-state index contributed by atoms with van der Waals surface area (Å²) in [5.74, 6) is -0.0813. The molecule has 1 rings (SSSR count). The first-order chi connectivity index (χ1) is 9.88. The van der Waals surface area contributed by atoms with Gasteiger partial charge < -0.3 is 15.0 Å². The summed E-state index contributed by atoms with van der Waals surface area (Å²) < 4.78 is 4.59. The number of ether oxygens (including phenoxy) is 1. The Morgan fingerprint density at radius 3 is 2.57 bits per heavy atom. The Balaban J connectivity index is 2.64. The predicted octanol–water partition coefficient (Wildman–Crippen LogP) is 2.36. The van der Waals surface area contributed by atoms with Crippen LogP contribution in [0.2, 0.25) is 0 Å². The van der Waals surface area contributed by atoms with E-state index in [-0.39, 0.29) is 6.03 Å². The molecule has 0 spiro atoms. The van der Waals surface area contributed by atoms with E-state index < -0.39 is 12.0 Å². The number of thiazole rings is 1. The number of carbonyl (C=O) groups is 2. The van der Waals surface area contributed by atoms with Gasteiger partial charge >= 0.3 is 12.0 Å². The summed E-state index contributed by atoms with van der Waals surface area (Å²) in [6, 6.07) is -0.965. The third-order valence-corrected chi connectivity index (χ3v) is 4.17. The van der Waals surface area contributed by atoms with Gasteiger partial charge in [0.2, 0.25) is 0 Å². The number of hydrogen-bond acceptors (Lipinski definition) is 5. The molecule has 0 saturated heterocycles. The average Bonchev–Trinajstić information content (AvgIpc) is 2.92. The molecule has 1 heterocycles. The van der Waals surface area contributed by atoms with Crippen LogP contribution in [0.4, 0.5) is 4.79 Å². The molecule has 1 atom stereocenters. The van der Waals surface area contributed by atoms with Gasteiger partial charge in [0.05, 0.1) is 24.4 Å². The van der Waals surface area contributed by atoms with Gasteiger partial charge in [0.1, 0.15) is 6.04 Å². The van der Waals surface area contributed by atoms with Gasteiger partial charge in [0.15, 0.2) is 0 Å². The minimum absolute atomic E-state index is 0.297. The second-order valence-corrected chi connectivity index (χ2v) is 5.93. The van der Waals surface area contributed by atoms with Crippen LogP contribution in [0.5, 0.6) is 0 Å². The molecule has 0 bridgehead atoms. The summed E-state index contributed by atoms with van der Waals surface area (Å²) in [6.07, 6.45) is 0. The molecule has 21 heavy (non-hydrogen) atoms. The van der Waals surface area contributed by atoms with Crippen molar-refractivity contribution in [3.8, 4) is 0 Å². The molecule has 7 heteroatoms. The Kier molecular flexibility index (Phi) is 6.61. The Labute approximate surface area is 129 Å². The van der Waals surface area contributed by atoms with Crippen molar-refractivity contribution >= 4 is 23.3 Å². The fourth-order valence-corrected chi connectivity index (χ4v) is 2.52. The molecule has 0 aliphatic carbocycles. The lowest BCUT2D eigenvalue weighted by atomic mass is 10.2. The number of aromatic nitrogens is 1. The van der Waals surface area contributed by atoms with Gasteiger partial charge in [-0.1, -0.05) is 13.8 Å². The molecule has 1 N–H and O–H groups in total. The van der Waals surface area contributed by atoms with Crippen LogP contribution in [0.25, 0.3) is 0 Å². The van der Waals surface area contributed by atoms with Crippen LogP contribution in [0.3, 0.4) is 0 Å². The second-order valence-electron chi connectivity index (χ2n) is 5.04. The quantitative estimate of drug-likeness (QED) is 0.818. The number of esters is 1. The number of methoxy groups -OCH3 is 1. The normalized spacial score (nSPS) is 12.1. The molecule has 2 amide bonds. The highest BCUT2D eigenvalue weighted by Gasteiger charge is 2.20. The highest BCUT2D eigenvalue weighted by atomic mass is 32.1. The lowest BCUT2D eigenvalue weighted by Gasteiger charge is -2.22. The van der Waals surface area contributed by atoms with E-state index in [9.17, 15) is 9.59 Å². The minimum Gasteiger partial charge on any atom is -0.467 e. The van der Waals surface area contributed by atoms with Gasteiger partial charge in [-0.25, -0.2) is 14.6 Å². The number of carbonyl (C=O) groups excluding carboxylic acids is 2. The zero-order valence-corrected chi connectivity index (χ0v) is 14.0. The largest absolute Gasteiger partial charge is 0.467 e. The first kappa shape index (κ1) is 17.4. The molecule has 1 aromatic heterocycles. The Morgan fingerprint density at radius 1 is 1.43 bits per heavy atom. The lowest BCUT2D eigenvalue weighted by Crippen LogP contribution is -2.46. The summed E-state index contributed by atoms with van der Waals surface area (Å²) in [7, 11) is 1.30. The number of urea groups is 1. The van der Waals surface area contributed by atoms with E-state index in [0.29, 0.717) is 19.0 Å². The molecule has 6 nitrogen and oxygen atoms in total. The highest BCUT2D eigenvalue weighted by molar-refractivity contribution is 7.09. The molecule has 118 valence electrons. The van der Waals surface area contributed by atoms with Crippen molar-refractivity contribution in [3.63, 3.8) is 0 Å². The zero-order chi connectivity index (χ0) is 16.0. The van der Waals surface area contributed by atoms with Crippen molar-refractivity contribution in [2.24, 2.45) is 0 Å². The molecule has 0 fully saturated rings. The third-order valence-electron chi connectivity index (χ3n) is 2.98. The predicted molar refractivity (Wildman–Crippen MR) is 82.3 cm³/mol. The smallest absolute Gasteiger partial charge is 0.328 e. The van der Waals surface area contributed by atoms with Crippen LogP contribution in [0, 0.1) is 0 Å². The van der Waals surface area contributed by atoms with Crippen LogP contribution >= 0.6 is 11.3 Å². The van der Waals surface area contributed by atoms with Crippen molar-refractivity contribution in [1.82, 2.24) is 15.2 Å². The third kappa shape index (κ3) is 5.00. The first-order valence-corrected chi connectivity index (χ1v) is 7.84. The summed E-state index contributed by atoms with van der Waals surface area (Å²) in [5.41, 5.74) is 0.867. The van der Waals surface area contributed by atoms with Crippen LogP contribution < -0.4 is 5.32 Å². The number of amides is 2. The maximum absolute atomic E-state index is 12.1. The molecule has 0 aromatic carbocycles. The van der Waals surface area contributed by atoms with E-state index in [1.807, 2.05) is 12.3 Å². The Morgan fingerprint density at radius 2 is 2.10 bits per heavy atom. The van der Waals surface area contributed by atoms with Crippen LogP contribution in [-0.2, 0) is 16.1 Å². The standard InChI is InChI=1S/C14H23N3O3S/c1-6-17(14(19)15-10(4)13(18)20-5)7-11-8-21-12(16-11)9(2)3/h8-10H,6-7H2,1-5H3,(H,15,19)/t10-/m0/s1. The number of hydrogen-bond donors (Lipinski definition) is 1. The maximum Gasteiger partial charge on any atom is 0.328 e. The van der Waals surface area contributed by atoms with Crippen molar-refractivity contribution < 1.29 is 14.3 Å². The summed E-state index contributed by atoms with van der Waals surface area (Å²) in [4.78, 5) is 29.6. The number of nitrogens with one attached hydrogen (secondary N) is 1. The van der Waals surface area contributed by atoms with E-state index in [1.54, 1.807) is 23.2 Å². The lowest BCUT2D eigenvalue weighted by molar-refractivity contribution is -0.142. The van der Waals surface area contributed by atoms with Gasteiger partial charge in [0, 0.05) is 17.8 Å². The first-order valence-electron chi connectivity index (χ1n) is 6.96. The van der Waals surface area contributed by atoms with Gasteiger partial charge in [-0.05, 0) is 13.8 Å². The van der Waals surface area contributed by atoms with Gasteiger partial charge in [-0.3, -0.25) is 0 Å². The van der Waals surface area contributed by atoms with E-state index in [0.717, 1.165) is 10.7 Å². The average molecular weight is 313 g/mol. The van der Waals surface area contributed by atoms with Gasteiger partial charge in [-0.15, -0.1) is 11.3 Å². The monoisotopic (exact) mass is 313 g/mol. The summed E-state index contributed by atoms with van der Waals surface area (Å²) >= 11 is 1.60. The minimum atomic E-state index is -0.668. The van der Waals surface area contributed by atoms with Gasteiger partial charge in [0.25, 0.3) is 0 Å². The molecule has 0 saturated carbocycles. The summed E-state index contributed by atoms with van der Waals surface area (Å²) in [6.45, 7) is 8.62. The van der Waals surface area contributed by atoms with Gasteiger partial charge in [-0.2, -0.15) is 0 Å². The highest BCUT2D eigenvalue weighted by Crippen LogP contribution is 2.20. The van der Waals surface area contributed by atoms with Crippen LogP contribution in [-0.4, -0.2) is 41.6 Å². The fraction of sp³-hybridized carbons (Fsp3) is 0.643. The number of rotatable bonds is 6. The van der Waals surface area contributed by atoms with Crippen LogP contribution in [0.1, 0.15) is 44.3 Å². The molecule has 1 aromatic rings. The van der Waals surface area contributed by atoms with Crippen molar-refractivity contribution in [3.05, 3.63) is 16.1 Å². The molecule has 0 radical (unpaired) electrons. The Bertz CT molecular complexity index is 488. The topological polar surface area (TPSA) is 71.5 Å². The molecular weight excluding hydrogens is 290 g/mol. The molecule has 0 aliphatic heterocycles. The van der Waals surface area contributed by atoms with E-state index in [1.165, 1.54) is 7.11 Å². The van der Waals surface area contributed by atoms with Crippen molar-refractivity contribution in [2.75, 3.05) is 13.7 Å². The van der Waals surface area contributed by atoms with Crippen LogP contribution in [0.15, 0.2) is 5.38 Å².